The van der Waals surface area contributed by atoms with Crippen molar-refractivity contribution in [1.29, 1.82) is 0 Å². The van der Waals surface area contributed by atoms with Gasteiger partial charge in [-0.05, 0) is 31.2 Å². The van der Waals surface area contributed by atoms with E-state index in [0.29, 0.717) is 11.4 Å². The number of halogens is 1. The second-order valence-corrected chi connectivity index (χ2v) is 7.42. The minimum atomic E-state index is -4.72. The fourth-order valence-corrected chi connectivity index (χ4v) is 3.30. The standard InChI is InChI=1S/C16H13ClN4O5S/c1-9-14(16(23)21(20-9)11-5-3-2-4-6-11)19-18-12-7-10(17)8-13(15(12)22)27(24,25)26/h2-8,14,22H,1H3,(H,24,25,26)/b19-18+. The van der Waals surface area contributed by atoms with Crippen LogP contribution in [0.15, 0.2) is 62.7 Å². The summed E-state index contributed by atoms with van der Waals surface area (Å²) in [5.41, 5.74) is 0.608. The number of rotatable bonds is 4. The van der Waals surface area contributed by atoms with Gasteiger partial charge in [-0.25, -0.2) is 0 Å². The van der Waals surface area contributed by atoms with Gasteiger partial charge in [0.15, 0.2) is 11.8 Å². The summed E-state index contributed by atoms with van der Waals surface area (Å²) >= 11 is 5.80. The molecule has 1 atom stereocenters. The molecule has 3 rings (SSSR count). The fourth-order valence-electron chi connectivity index (χ4n) is 2.40. The number of anilines is 1. The number of phenols is 1. The van der Waals surface area contributed by atoms with Gasteiger partial charge < -0.3 is 5.11 Å². The molecule has 0 fully saturated rings. The Morgan fingerprint density at radius 1 is 1.22 bits per heavy atom. The molecule has 27 heavy (non-hydrogen) atoms. The Morgan fingerprint density at radius 3 is 2.52 bits per heavy atom. The predicted octanol–water partition coefficient (Wildman–Crippen LogP) is 3.17. The van der Waals surface area contributed by atoms with Crippen LogP contribution in [0.3, 0.4) is 0 Å². The SMILES string of the molecule is CC1=NN(c2ccccc2)C(=O)C1/N=N/c1cc(Cl)cc(S(=O)(=O)O)c1O. The summed E-state index contributed by atoms with van der Waals surface area (Å²) in [6.45, 7) is 1.59. The molecule has 1 aliphatic rings. The molecule has 0 spiro atoms. The Bertz CT molecular complexity index is 1070. The van der Waals surface area contributed by atoms with Gasteiger partial charge in [-0.15, -0.1) is 0 Å². The molecular formula is C16H13ClN4O5S. The first-order chi connectivity index (χ1) is 12.7. The summed E-state index contributed by atoms with van der Waals surface area (Å²) in [6.07, 6.45) is 0. The molecule has 0 aromatic heterocycles. The average molecular weight is 409 g/mol. The Hall–Kier alpha value is -2.82. The summed E-state index contributed by atoms with van der Waals surface area (Å²) in [7, 11) is -4.72. The maximum absolute atomic E-state index is 12.5. The molecule has 1 aliphatic heterocycles. The van der Waals surface area contributed by atoms with Crippen molar-refractivity contribution < 1.29 is 22.9 Å². The molecule has 9 nitrogen and oxygen atoms in total. The van der Waals surface area contributed by atoms with E-state index in [1.165, 1.54) is 5.01 Å². The lowest BCUT2D eigenvalue weighted by molar-refractivity contribution is -0.117. The maximum Gasteiger partial charge on any atom is 0.298 e. The van der Waals surface area contributed by atoms with Crippen molar-refractivity contribution >= 4 is 44.7 Å². The molecule has 1 amide bonds. The molecule has 11 heteroatoms. The van der Waals surface area contributed by atoms with Crippen molar-refractivity contribution in [2.24, 2.45) is 15.3 Å². The molecule has 1 heterocycles. The third-order valence-corrected chi connectivity index (χ3v) is 4.76. The Kier molecular flexibility index (Phi) is 4.96. The van der Waals surface area contributed by atoms with E-state index in [0.717, 1.165) is 12.1 Å². The Labute approximate surface area is 159 Å². The molecule has 0 saturated heterocycles. The van der Waals surface area contributed by atoms with E-state index in [1.54, 1.807) is 37.3 Å². The van der Waals surface area contributed by atoms with Gasteiger partial charge >= 0.3 is 0 Å². The number of carbonyl (C=O) groups is 1. The van der Waals surface area contributed by atoms with Crippen LogP contribution in [-0.2, 0) is 14.9 Å². The molecule has 2 aromatic carbocycles. The van der Waals surface area contributed by atoms with Crippen molar-refractivity contribution in [3.05, 3.63) is 47.5 Å². The van der Waals surface area contributed by atoms with Gasteiger partial charge in [0.2, 0.25) is 0 Å². The molecule has 0 aliphatic carbocycles. The van der Waals surface area contributed by atoms with Crippen LogP contribution in [0.1, 0.15) is 6.92 Å². The molecule has 2 aromatic rings. The molecule has 2 N–H and O–H groups in total. The molecule has 140 valence electrons. The lowest BCUT2D eigenvalue weighted by atomic mass is 10.2. The highest BCUT2D eigenvalue weighted by molar-refractivity contribution is 7.86. The van der Waals surface area contributed by atoms with Gasteiger partial charge in [0.1, 0.15) is 10.6 Å². The molecule has 0 radical (unpaired) electrons. The highest BCUT2D eigenvalue weighted by Crippen LogP contribution is 2.37. The van der Waals surface area contributed by atoms with E-state index in [9.17, 15) is 18.3 Å². The molecular weight excluding hydrogens is 396 g/mol. The summed E-state index contributed by atoms with van der Waals surface area (Å²) in [5.74, 6) is -1.29. The lowest BCUT2D eigenvalue weighted by Gasteiger charge is -2.12. The van der Waals surface area contributed by atoms with Crippen LogP contribution in [0.25, 0.3) is 0 Å². The number of azo groups is 1. The van der Waals surface area contributed by atoms with E-state index in [-0.39, 0.29) is 10.7 Å². The van der Waals surface area contributed by atoms with Gasteiger partial charge in [-0.1, -0.05) is 29.8 Å². The third-order valence-electron chi connectivity index (χ3n) is 3.68. The summed E-state index contributed by atoms with van der Waals surface area (Å²) in [6, 6.07) is 9.69. The highest BCUT2D eigenvalue weighted by atomic mass is 35.5. The smallest absolute Gasteiger partial charge is 0.298 e. The van der Waals surface area contributed by atoms with Gasteiger partial charge in [0.05, 0.1) is 11.4 Å². The second-order valence-electron chi connectivity index (χ2n) is 5.59. The molecule has 0 bridgehead atoms. The number of hydrogen-bond donors (Lipinski definition) is 2. The second kappa shape index (κ2) is 7.06. The highest BCUT2D eigenvalue weighted by Gasteiger charge is 2.34. The van der Waals surface area contributed by atoms with Crippen LogP contribution in [0.4, 0.5) is 11.4 Å². The van der Waals surface area contributed by atoms with Gasteiger partial charge in [0.25, 0.3) is 16.0 Å². The van der Waals surface area contributed by atoms with Crippen LogP contribution in [0.2, 0.25) is 5.02 Å². The first-order valence-electron chi connectivity index (χ1n) is 7.53. The average Bonchev–Trinajstić information content (AvgIpc) is 2.89. The van der Waals surface area contributed by atoms with E-state index in [1.807, 2.05) is 0 Å². The maximum atomic E-state index is 12.5. The third kappa shape index (κ3) is 3.82. The minimum absolute atomic E-state index is 0.0941. The first-order valence-corrected chi connectivity index (χ1v) is 9.35. The van der Waals surface area contributed by atoms with Crippen molar-refractivity contribution in [2.45, 2.75) is 17.9 Å². The summed E-state index contributed by atoms with van der Waals surface area (Å²) in [5, 5.41) is 22.8. The van der Waals surface area contributed by atoms with E-state index in [4.69, 9.17) is 16.2 Å². The van der Waals surface area contributed by atoms with Crippen LogP contribution in [0, 0.1) is 0 Å². The van der Waals surface area contributed by atoms with Crippen LogP contribution < -0.4 is 5.01 Å². The quantitative estimate of drug-likeness (QED) is 0.592. The number of nitrogens with zero attached hydrogens (tertiary/aromatic N) is 4. The zero-order valence-electron chi connectivity index (χ0n) is 13.8. The lowest BCUT2D eigenvalue weighted by Crippen LogP contribution is -2.29. The zero-order valence-corrected chi connectivity index (χ0v) is 15.4. The van der Waals surface area contributed by atoms with Gasteiger partial charge in [0, 0.05) is 5.02 Å². The van der Waals surface area contributed by atoms with Crippen LogP contribution in [-0.4, -0.2) is 35.7 Å². The van der Waals surface area contributed by atoms with E-state index in [2.05, 4.69) is 15.3 Å². The number of aromatic hydroxyl groups is 1. The number of para-hydroxylation sites is 1. The monoisotopic (exact) mass is 408 g/mol. The number of carbonyl (C=O) groups excluding carboxylic acids is 1. The number of benzene rings is 2. The Balaban J connectivity index is 1.93. The van der Waals surface area contributed by atoms with Crippen LogP contribution in [0.5, 0.6) is 5.75 Å². The van der Waals surface area contributed by atoms with Gasteiger partial charge in [-0.2, -0.15) is 28.8 Å². The topological polar surface area (TPSA) is 132 Å². The van der Waals surface area contributed by atoms with Crippen LogP contribution >= 0.6 is 11.6 Å². The summed E-state index contributed by atoms with van der Waals surface area (Å²) in [4.78, 5) is 11.7. The summed E-state index contributed by atoms with van der Waals surface area (Å²) < 4.78 is 31.8. The van der Waals surface area contributed by atoms with Crippen molar-refractivity contribution in [3.8, 4) is 5.75 Å². The normalized spacial score (nSPS) is 17.6. The first kappa shape index (κ1) is 19.0. The zero-order chi connectivity index (χ0) is 19.8. The number of hydrogen-bond acceptors (Lipinski definition) is 7. The van der Waals surface area contributed by atoms with E-state index >= 15 is 0 Å². The van der Waals surface area contributed by atoms with Crippen molar-refractivity contribution in [1.82, 2.24) is 0 Å². The largest absolute Gasteiger partial charge is 0.504 e. The molecule has 1 unspecified atom stereocenters. The Morgan fingerprint density at radius 2 is 1.89 bits per heavy atom. The molecule has 0 saturated carbocycles. The fraction of sp³-hybridized carbons (Fsp3) is 0.125. The van der Waals surface area contributed by atoms with Crippen molar-refractivity contribution in [2.75, 3.05) is 5.01 Å². The number of amides is 1. The number of phenolic OH excluding ortho intramolecular Hbond substituents is 1. The van der Waals surface area contributed by atoms with E-state index < -0.39 is 32.7 Å². The predicted molar refractivity (Wildman–Crippen MR) is 98.3 cm³/mol. The van der Waals surface area contributed by atoms with Gasteiger partial charge in [-0.3, -0.25) is 9.35 Å². The number of hydrazone groups is 1. The van der Waals surface area contributed by atoms with Crippen molar-refractivity contribution in [3.63, 3.8) is 0 Å². The minimum Gasteiger partial charge on any atom is -0.504 e.